The average Bonchev–Trinajstić information content (AvgIpc) is 2.40. The maximum Gasteiger partial charge on any atom is 0.124 e. The molecular weight excluding hydrogens is 261 g/mol. The Hall–Kier alpha value is -0.640. The Morgan fingerprint density at radius 1 is 1.21 bits per heavy atom. The summed E-state index contributed by atoms with van der Waals surface area (Å²) < 4.78 is 27.9. The van der Waals surface area contributed by atoms with E-state index in [1.165, 1.54) is 32.1 Å². The van der Waals surface area contributed by atoms with Crippen LogP contribution in [0.5, 0.6) is 0 Å². The van der Waals surface area contributed by atoms with Gasteiger partial charge >= 0.3 is 0 Å². The fourth-order valence-electron chi connectivity index (χ4n) is 2.09. The fourth-order valence-corrected chi connectivity index (χ4v) is 3.08. The van der Waals surface area contributed by atoms with E-state index in [9.17, 15) is 8.60 Å². The molecule has 0 fully saturated rings. The van der Waals surface area contributed by atoms with Gasteiger partial charge in [0.25, 0.3) is 0 Å². The van der Waals surface area contributed by atoms with Crippen molar-refractivity contribution in [2.75, 3.05) is 5.75 Å². The minimum atomic E-state index is -1.15. The van der Waals surface area contributed by atoms with E-state index in [0.717, 1.165) is 19.3 Å². The first kappa shape index (κ1) is 16.4. The summed E-state index contributed by atoms with van der Waals surface area (Å²) in [4.78, 5) is 0. The summed E-state index contributed by atoms with van der Waals surface area (Å²) in [7, 11) is -1.15. The molecule has 0 heterocycles. The van der Waals surface area contributed by atoms with E-state index in [0.29, 0.717) is 17.9 Å². The zero-order chi connectivity index (χ0) is 13.9. The van der Waals surface area contributed by atoms with Gasteiger partial charge in [0.1, 0.15) is 16.8 Å². The lowest BCUT2D eigenvalue weighted by Gasteiger charge is -2.11. The van der Waals surface area contributed by atoms with Crippen LogP contribution in [0.2, 0.25) is 0 Å². The summed E-state index contributed by atoms with van der Waals surface area (Å²) in [6.07, 6.45) is 13.2. The highest BCUT2D eigenvalue weighted by Crippen LogP contribution is 2.18. The van der Waals surface area contributed by atoms with Gasteiger partial charge in [0.15, 0.2) is 0 Å². The zero-order valence-electron chi connectivity index (χ0n) is 11.9. The molecule has 0 spiro atoms. The molecule has 0 aromatic carbocycles. The molecule has 19 heavy (non-hydrogen) atoms. The molecule has 1 rings (SSSR count). The minimum absolute atomic E-state index is 0.171. The largest absolute Gasteiger partial charge is 0.303 e. The van der Waals surface area contributed by atoms with E-state index in [4.69, 9.17) is 0 Å². The summed E-state index contributed by atoms with van der Waals surface area (Å²) in [6.45, 7) is 2.21. The van der Waals surface area contributed by atoms with Gasteiger partial charge in [-0.05, 0) is 18.9 Å². The molecule has 0 saturated carbocycles. The molecule has 0 radical (unpaired) electrons. The van der Waals surface area contributed by atoms with Gasteiger partial charge in [-0.15, -0.1) is 0 Å². The van der Waals surface area contributed by atoms with E-state index in [1.807, 2.05) is 6.08 Å². The van der Waals surface area contributed by atoms with Gasteiger partial charge in [-0.1, -0.05) is 51.5 Å². The van der Waals surface area contributed by atoms with Crippen LogP contribution in [0.4, 0.5) is 4.39 Å². The van der Waals surface area contributed by atoms with Crippen LogP contribution >= 0.6 is 0 Å². The molecule has 1 aliphatic carbocycles. The van der Waals surface area contributed by atoms with Gasteiger partial charge in [-0.2, -0.15) is 0 Å². The quantitative estimate of drug-likeness (QED) is 0.588. The summed E-state index contributed by atoms with van der Waals surface area (Å²) in [5, 5.41) is 0. The third-order valence-electron chi connectivity index (χ3n) is 3.26. The number of allylic oxidation sites excluding steroid dienone is 3. The summed E-state index contributed by atoms with van der Waals surface area (Å²) in [6, 6.07) is 0. The predicted molar refractivity (Wildman–Crippen MR) is 80.6 cm³/mol. The van der Waals surface area contributed by atoms with Crippen molar-refractivity contribution < 1.29 is 8.60 Å². The second-order valence-electron chi connectivity index (χ2n) is 5.03. The van der Waals surface area contributed by atoms with Crippen LogP contribution in [0.1, 0.15) is 64.7 Å². The third kappa shape index (κ3) is 7.51. The summed E-state index contributed by atoms with van der Waals surface area (Å²) in [5.74, 6) is 0.439. The van der Waals surface area contributed by atoms with Crippen molar-refractivity contribution in [1.82, 2.24) is 4.72 Å². The second-order valence-corrected chi connectivity index (χ2v) is 6.34. The molecule has 4 heteroatoms. The molecule has 110 valence electrons. The molecule has 2 nitrogen and oxygen atoms in total. The Labute approximate surface area is 119 Å². The number of unbranched alkanes of at least 4 members (excludes halogenated alkanes) is 6. The maximum atomic E-state index is 13.4. The molecule has 0 saturated heterocycles. The zero-order valence-corrected chi connectivity index (χ0v) is 12.7. The van der Waals surface area contributed by atoms with Gasteiger partial charge in [0.2, 0.25) is 0 Å². The molecule has 1 N–H and O–H groups in total. The van der Waals surface area contributed by atoms with E-state index in [1.54, 1.807) is 6.08 Å². The van der Waals surface area contributed by atoms with E-state index < -0.39 is 11.0 Å². The Morgan fingerprint density at radius 2 is 1.89 bits per heavy atom. The Balaban J connectivity index is 2.07. The molecule has 0 aromatic rings. The highest BCUT2D eigenvalue weighted by molar-refractivity contribution is 7.83. The van der Waals surface area contributed by atoms with Crippen LogP contribution in [0.25, 0.3) is 0 Å². The molecule has 0 bridgehead atoms. The number of rotatable bonds is 10. The van der Waals surface area contributed by atoms with Crippen LogP contribution in [-0.2, 0) is 11.0 Å². The summed E-state index contributed by atoms with van der Waals surface area (Å²) in [5.41, 5.74) is 0.410. The molecule has 0 amide bonds. The summed E-state index contributed by atoms with van der Waals surface area (Å²) >= 11 is 0. The van der Waals surface area contributed by atoms with Crippen molar-refractivity contribution in [3.8, 4) is 0 Å². The topological polar surface area (TPSA) is 29.1 Å². The van der Waals surface area contributed by atoms with Crippen molar-refractivity contribution in [1.29, 1.82) is 0 Å². The van der Waals surface area contributed by atoms with Crippen molar-refractivity contribution >= 4 is 11.0 Å². The third-order valence-corrected chi connectivity index (χ3v) is 4.37. The predicted octanol–water partition coefficient (Wildman–Crippen LogP) is 4.52. The molecule has 1 aliphatic rings. The number of hydrogen-bond donors (Lipinski definition) is 1. The molecular formula is C15H26FNOS. The molecule has 0 aromatic heterocycles. The number of hydrogen-bond acceptors (Lipinski definition) is 1. The van der Waals surface area contributed by atoms with Gasteiger partial charge < -0.3 is 4.72 Å². The molecule has 1 atom stereocenters. The first-order valence-corrected chi connectivity index (χ1v) is 8.76. The van der Waals surface area contributed by atoms with Gasteiger partial charge in [0, 0.05) is 12.2 Å². The normalized spacial score (nSPS) is 16.7. The van der Waals surface area contributed by atoms with Gasteiger partial charge in [-0.25, -0.2) is 8.60 Å². The fraction of sp³-hybridized carbons (Fsp3) is 0.733. The van der Waals surface area contributed by atoms with Crippen LogP contribution in [0.3, 0.4) is 0 Å². The van der Waals surface area contributed by atoms with Crippen molar-refractivity contribution in [2.24, 2.45) is 0 Å². The van der Waals surface area contributed by atoms with Crippen molar-refractivity contribution in [2.45, 2.75) is 64.7 Å². The van der Waals surface area contributed by atoms with Crippen molar-refractivity contribution in [3.05, 3.63) is 23.7 Å². The van der Waals surface area contributed by atoms with Crippen LogP contribution in [0.15, 0.2) is 23.7 Å². The molecule has 1 unspecified atom stereocenters. The molecule has 0 aliphatic heterocycles. The smallest absolute Gasteiger partial charge is 0.124 e. The Bertz CT molecular complexity index is 339. The Kier molecular flexibility index (Phi) is 8.80. The lowest BCUT2D eigenvalue weighted by atomic mass is 10.1. The first-order valence-electron chi connectivity index (χ1n) is 7.44. The monoisotopic (exact) mass is 287 g/mol. The highest BCUT2D eigenvalue weighted by atomic mass is 32.2. The highest BCUT2D eigenvalue weighted by Gasteiger charge is 2.09. The average molecular weight is 287 g/mol. The van der Waals surface area contributed by atoms with Gasteiger partial charge in [-0.3, -0.25) is 0 Å². The Morgan fingerprint density at radius 3 is 2.58 bits per heavy atom. The second kappa shape index (κ2) is 10.2. The minimum Gasteiger partial charge on any atom is -0.303 e. The maximum absolute atomic E-state index is 13.4. The first-order chi connectivity index (χ1) is 9.24. The number of halogens is 1. The van der Waals surface area contributed by atoms with Crippen LogP contribution in [0, 0.1) is 0 Å². The van der Waals surface area contributed by atoms with Crippen LogP contribution < -0.4 is 4.72 Å². The van der Waals surface area contributed by atoms with Crippen molar-refractivity contribution in [3.63, 3.8) is 0 Å². The lowest BCUT2D eigenvalue weighted by molar-refractivity contribution is 0.571. The van der Waals surface area contributed by atoms with Gasteiger partial charge in [0.05, 0.1) is 5.70 Å². The number of nitrogens with one attached hydrogen (secondary N) is 1. The van der Waals surface area contributed by atoms with Crippen LogP contribution in [-0.4, -0.2) is 9.96 Å². The SMILES string of the molecule is CCCCCCCCCS(=O)NC1=C(F)CCC=C1. The standard InChI is InChI=1S/C15H26FNOS/c1-2-3-4-5-6-7-10-13-19(18)17-15-12-9-8-11-14(15)16/h9,12,17H,2-8,10-11,13H2,1H3. The lowest BCUT2D eigenvalue weighted by Crippen LogP contribution is -2.20. The van der Waals surface area contributed by atoms with E-state index >= 15 is 0 Å². The van der Waals surface area contributed by atoms with E-state index in [2.05, 4.69) is 11.6 Å². The van der Waals surface area contributed by atoms with E-state index in [-0.39, 0.29) is 5.83 Å².